The summed E-state index contributed by atoms with van der Waals surface area (Å²) in [6.45, 7) is 0. The van der Waals surface area contributed by atoms with E-state index in [0.717, 1.165) is 24.3 Å². The summed E-state index contributed by atoms with van der Waals surface area (Å²) in [6, 6.07) is 0. The molecule has 1 N–H and O–H groups in total. The zero-order valence-corrected chi connectivity index (χ0v) is 9.11. The highest BCUT2D eigenvalue weighted by molar-refractivity contribution is 7.99. The fourth-order valence-electron chi connectivity index (χ4n) is 1.97. The molecule has 1 aromatic rings. The average Bonchev–Trinajstić information content (AvgIpc) is 2.71. The fourth-order valence-corrected chi connectivity index (χ4v) is 3.23. The predicted molar refractivity (Wildman–Crippen MR) is 56.8 cm³/mol. The van der Waals surface area contributed by atoms with Crippen molar-refractivity contribution >= 4 is 17.7 Å². The SMILES string of the molecule is O=C(O)CC1(n2cncn2)CCSCC1. The molecule has 0 atom stereocenters. The van der Waals surface area contributed by atoms with Crippen LogP contribution in [0.3, 0.4) is 0 Å². The van der Waals surface area contributed by atoms with Gasteiger partial charge in [0.2, 0.25) is 0 Å². The Kier molecular flexibility index (Phi) is 2.95. The zero-order chi connectivity index (χ0) is 10.7. The molecule has 0 aliphatic carbocycles. The van der Waals surface area contributed by atoms with Crippen LogP contribution < -0.4 is 0 Å². The van der Waals surface area contributed by atoms with E-state index in [2.05, 4.69) is 10.1 Å². The molecule has 5 nitrogen and oxygen atoms in total. The number of aromatic nitrogens is 3. The molecule has 0 radical (unpaired) electrons. The van der Waals surface area contributed by atoms with E-state index in [1.807, 2.05) is 11.8 Å². The van der Waals surface area contributed by atoms with Crippen molar-refractivity contribution in [3.05, 3.63) is 12.7 Å². The summed E-state index contributed by atoms with van der Waals surface area (Å²) in [6.07, 6.45) is 4.93. The lowest BCUT2D eigenvalue weighted by Crippen LogP contribution is -2.40. The molecule has 0 unspecified atom stereocenters. The number of carboxylic acid groups (broad SMARTS) is 1. The Bertz CT molecular complexity index is 333. The first kappa shape index (κ1) is 10.5. The van der Waals surface area contributed by atoms with Gasteiger partial charge in [0.25, 0.3) is 0 Å². The summed E-state index contributed by atoms with van der Waals surface area (Å²) in [5.74, 6) is 1.22. The van der Waals surface area contributed by atoms with Crippen molar-refractivity contribution in [3.8, 4) is 0 Å². The van der Waals surface area contributed by atoms with E-state index in [0.29, 0.717) is 0 Å². The standard InChI is InChI=1S/C9H13N3O2S/c13-8(14)5-9(1-3-15-4-2-9)12-7-10-6-11-12/h6-7H,1-5H2,(H,13,14). The van der Waals surface area contributed by atoms with E-state index < -0.39 is 5.97 Å². The Morgan fingerprint density at radius 3 is 2.80 bits per heavy atom. The van der Waals surface area contributed by atoms with Crippen molar-refractivity contribution in [2.45, 2.75) is 24.8 Å². The lowest BCUT2D eigenvalue weighted by molar-refractivity contribution is -0.139. The van der Waals surface area contributed by atoms with Crippen LogP contribution in [-0.2, 0) is 10.3 Å². The highest BCUT2D eigenvalue weighted by Crippen LogP contribution is 2.35. The number of carboxylic acids is 1. The molecule has 0 spiro atoms. The normalized spacial score (nSPS) is 20.0. The first-order valence-corrected chi connectivity index (χ1v) is 6.03. The quantitative estimate of drug-likeness (QED) is 0.833. The van der Waals surface area contributed by atoms with Gasteiger partial charge in [0.15, 0.2) is 0 Å². The van der Waals surface area contributed by atoms with Crippen molar-refractivity contribution in [2.24, 2.45) is 0 Å². The molecule has 6 heteroatoms. The second kappa shape index (κ2) is 4.22. The van der Waals surface area contributed by atoms with Crippen LogP contribution in [0, 0.1) is 0 Å². The molecular weight excluding hydrogens is 214 g/mol. The largest absolute Gasteiger partial charge is 0.481 e. The summed E-state index contributed by atoms with van der Waals surface area (Å²) < 4.78 is 1.72. The van der Waals surface area contributed by atoms with Crippen LogP contribution >= 0.6 is 11.8 Å². The van der Waals surface area contributed by atoms with Crippen molar-refractivity contribution in [1.82, 2.24) is 14.8 Å². The van der Waals surface area contributed by atoms with Crippen LogP contribution in [-0.4, -0.2) is 37.3 Å². The summed E-state index contributed by atoms with van der Waals surface area (Å²) in [5, 5.41) is 13.1. The Balaban J connectivity index is 2.25. The van der Waals surface area contributed by atoms with Gasteiger partial charge in [-0.15, -0.1) is 0 Å². The molecule has 2 heterocycles. The number of rotatable bonds is 3. The first-order chi connectivity index (χ1) is 7.23. The molecule has 0 saturated carbocycles. The van der Waals surface area contributed by atoms with Crippen molar-refractivity contribution in [3.63, 3.8) is 0 Å². The van der Waals surface area contributed by atoms with Gasteiger partial charge in [-0.2, -0.15) is 16.9 Å². The van der Waals surface area contributed by atoms with Gasteiger partial charge in [-0.3, -0.25) is 4.79 Å². The number of aliphatic carboxylic acids is 1. The van der Waals surface area contributed by atoms with E-state index in [9.17, 15) is 4.79 Å². The lowest BCUT2D eigenvalue weighted by atomic mass is 9.89. The van der Waals surface area contributed by atoms with Gasteiger partial charge in [-0.1, -0.05) is 0 Å². The van der Waals surface area contributed by atoms with Crippen molar-refractivity contribution < 1.29 is 9.90 Å². The van der Waals surface area contributed by atoms with E-state index in [-0.39, 0.29) is 12.0 Å². The van der Waals surface area contributed by atoms with Gasteiger partial charge in [0.1, 0.15) is 12.7 Å². The van der Waals surface area contributed by atoms with Gasteiger partial charge in [-0.25, -0.2) is 9.67 Å². The second-order valence-electron chi connectivity index (χ2n) is 3.75. The van der Waals surface area contributed by atoms with Gasteiger partial charge in [0.05, 0.1) is 12.0 Å². The second-order valence-corrected chi connectivity index (χ2v) is 4.97. The van der Waals surface area contributed by atoms with Gasteiger partial charge in [0, 0.05) is 0 Å². The summed E-state index contributed by atoms with van der Waals surface area (Å²) in [5.41, 5.74) is -0.354. The molecule has 0 bridgehead atoms. The van der Waals surface area contributed by atoms with E-state index in [1.54, 1.807) is 11.0 Å². The summed E-state index contributed by atoms with van der Waals surface area (Å²) >= 11 is 1.87. The molecule has 0 aromatic carbocycles. The van der Waals surface area contributed by atoms with Crippen molar-refractivity contribution in [2.75, 3.05) is 11.5 Å². The Labute approximate surface area is 91.9 Å². The minimum absolute atomic E-state index is 0.136. The maximum Gasteiger partial charge on any atom is 0.305 e. The third-order valence-electron chi connectivity index (χ3n) is 2.81. The van der Waals surface area contributed by atoms with Gasteiger partial charge >= 0.3 is 5.97 Å². The molecule has 1 saturated heterocycles. The third kappa shape index (κ3) is 2.14. The molecule has 1 aliphatic heterocycles. The molecule has 1 fully saturated rings. The van der Waals surface area contributed by atoms with Crippen molar-refractivity contribution in [1.29, 1.82) is 0 Å². The van der Waals surface area contributed by atoms with E-state index in [4.69, 9.17) is 5.11 Å². The smallest absolute Gasteiger partial charge is 0.305 e. The fraction of sp³-hybridized carbons (Fsp3) is 0.667. The van der Waals surface area contributed by atoms with E-state index >= 15 is 0 Å². The molecule has 2 rings (SSSR count). The van der Waals surface area contributed by atoms with Crippen LogP contribution in [0.15, 0.2) is 12.7 Å². The maximum atomic E-state index is 10.9. The number of carbonyl (C=O) groups is 1. The Morgan fingerprint density at radius 2 is 2.27 bits per heavy atom. The first-order valence-electron chi connectivity index (χ1n) is 4.88. The lowest BCUT2D eigenvalue weighted by Gasteiger charge is -2.35. The molecule has 82 valence electrons. The topological polar surface area (TPSA) is 68.0 Å². The molecule has 1 aromatic heterocycles. The molecule has 0 amide bonds. The predicted octanol–water partition coefficient (Wildman–Crippen LogP) is 0.975. The monoisotopic (exact) mass is 227 g/mol. The zero-order valence-electron chi connectivity index (χ0n) is 8.30. The van der Waals surface area contributed by atoms with E-state index in [1.165, 1.54) is 6.33 Å². The van der Waals surface area contributed by atoms with Crippen LogP contribution in [0.1, 0.15) is 19.3 Å². The van der Waals surface area contributed by atoms with Gasteiger partial charge in [-0.05, 0) is 24.3 Å². The number of hydrogen-bond donors (Lipinski definition) is 1. The Morgan fingerprint density at radius 1 is 1.53 bits per heavy atom. The minimum Gasteiger partial charge on any atom is -0.481 e. The number of hydrogen-bond acceptors (Lipinski definition) is 4. The van der Waals surface area contributed by atoms with Crippen LogP contribution in [0.2, 0.25) is 0 Å². The molecule has 15 heavy (non-hydrogen) atoms. The maximum absolute atomic E-state index is 10.9. The van der Waals surface area contributed by atoms with Crippen LogP contribution in [0.4, 0.5) is 0 Å². The minimum atomic E-state index is -0.766. The highest BCUT2D eigenvalue weighted by atomic mass is 32.2. The third-order valence-corrected chi connectivity index (χ3v) is 3.79. The summed E-state index contributed by atoms with van der Waals surface area (Å²) in [4.78, 5) is 14.8. The summed E-state index contributed by atoms with van der Waals surface area (Å²) in [7, 11) is 0. The highest BCUT2D eigenvalue weighted by Gasteiger charge is 2.37. The van der Waals surface area contributed by atoms with Crippen LogP contribution in [0.5, 0.6) is 0 Å². The average molecular weight is 227 g/mol. The number of nitrogens with zero attached hydrogens (tertiary/aromatic N) is 3. The van der Waals surface area contributed by atoms with Gasteiger partial charge < -0.3 is 5.11 Å². The Hall–Kier alpha value is -1.04. The van der Waals surface area contributed by atoms with Crippen LogP contribution in [0.25, 0.3) is 0 Å². The number of thioether (sulfide) groups is 1. The molecule has 1 aliphatic rings. The molecular formula is C9H13N3O2S.